The van der Waals surface area contributed by atoms with Gasteiger partial charge in [0.25, 0.3) is 10.1 Å². The van der Waals surface area contributed by atoms with Gasteiger partial charge in [-0.1, -0.05) is 54.1 Å². The van der Waals surface area contributed by atoms with Crippen molar-refractivity contribution in [2.24, 2.45) is 11.5 Å². The fourth-order valence-electron chi connectivity index (χ4n) is 2.94. The first kappa shape index (κ1) is 17.6. The number of nitrogens with two attached hydrogens (primary N) is 2. The van der Waals surface area contributed by atoms with Gasteiger partial charge in [-0.2, -0.15) is 8.42 Å². The first-order valence-corrected chi connectivity index (χ1v) is 8.86. The Balaban J connectivity index is 2.63. The Kier molecular flexibility index (Phi) is 4.91. The van der Waals surface area contributed by atoms with E-state index in [2.05, 4.69) is 0 Å². The SMILES string of the molecule is Cc1cccc(C(c2ccccc2C)C(N)(N)CS(=O)(=O)O)c1. The second-order valence-corrected chi connectivity index (χ2v) is 7.49. The first-order valence-electron chi connectivity index (χ1n) is 7.25. The quantitative estimate of drug-likeness (QED) is 0.572. The van der Waals surface area contributed by atoms with Gasteiger partial charge in [-0.05, 0) is 30.5 Å². The van der Waals surface area contributed by atoms with E-state index in [0.717, 1.165) is 22.3 Å². The zero-order chi connectivity index (χ0) is 17.3. The van der Waals surface area contributed by atoms with Crippen LogP contribution in [0.25, 0.3) is 0 Å². The predicted molar refractivity (Wildman–Crippen MR) is 91.7 cm³/mol. The van der Waals surface area contributed by atoms with Gasteiger partial charge in [0.2, 0.25) is 0 Å². The molecule has 0 spiro atoms. The van der Waals surface area contributed by atoms with E-state index in [1.54, 1.807) is 0 Å². The average Bonchev–Trinajstić information content (AvgIpc) is 2.38. The molecule has 0 aliphatic rings. The molecule has 0 amide bonds. The molecule has 0 bridgehead atoms. The smallest absolute Gasteiger partial charge is 0.268 e. The van der Waals surface area contributed by atoms with Gasteiger partial charge in [0.05, 0.1) is 5.66 Å². The molecule has 124 valence electrons. The number of aryl methyl sites for hydroxylation is 2. The molecule has 1 unspecified atom stereocenters. The summed E-state index contributed by atoms with van der Waals surface area (Å²) in [5.41, 5.74) is 14.3. The van der Waals surface area contributed by atoms with Crippen LogP contribution in [-0.4, -0.2) is 24.4 Å². The van der Waals surface area contributed by atoms with Crippen molar-refractivity contribution >= 4 is 10.1 Å². The molecule has 0 aliphatic heterocycles. The highest BCUT2D eigenvalue weighted by Gasteiger charge is 2.38. The maximum Gasteiger partial charge on any atom is 0.268 e. The number of rotatable bonds is 5. The summed E-state index contributed by atoms with van der Waals surface area (Å²) in [6.07, 6.45) is 0. The van der Waals surface area contributed by atoms with Crippen LogP contribution in [0.3, 0.4) is 0 Å². The lowest BCUT2D eigenvalue weighted by Crippen LogP contribution is -2.59. The van der Waals surface area contributed by atoms with Crippen LogP contribution >= 0.6 is 0 Å². The van der Waals surface area contributed by atoms with E-state index in [9.17, 15) is 13.0 Å². The molecule has 0 saturated carbocycles. The van der Waals surface area contributed by atoms with Gasteiger partial charge < -0.3 is 11.5 Å². The third-order valence-corrected chi connectivity index (χ3v) is 4.71. The van der Waals surface area contributed by atoms with Crippen molar-refractivity contribution in [3.63, 3.8) is 0 Å². The molecule has 23 heavy (non-hydrogen) atoms. The zero-order valence-electron chi connectivity index (χ0n) is 13.2. The summed E-state index contributed by atoms with van der Waals surface area (Å²) in [6, 6.07) is 15.1. The molecular weight excluding hydrogens is 312 g/mol. The number of hydrogen-bond donors (Lipinski definition) is 3. The monoisotopic (exact) mass is 334 g/mol. The minimum Gasteiger partial charge on any atom is -0.312 e. The summed E-state index contributed by atoms with van der Waals surface area (Å²) in [4.78, 5) is 0. The van der Waals surface area contributed by atoms with E-state index in [1.807, 2.05) is 62.4 Å². The summed E-state index contributed by atoms with van der Waals surface area (Å²) in [5, 5.41) is 0. The second-order valence-electron chi connectivity index (χ2n) is 6.04. The van der Waals surface area contributed by atoms with E-state index >= 15 is 0 Å². The molecule has 2 rings (SSSR count). The normalized spacial score (nSPS) is 13.8. The van der Waals surface area contributed by atoms with Gasteiger partial charge >= 0.3 is 0 Å². The van der Waals surface area contributed by atoms with Crippen molar-refractivity contribution in [1.29, 1.82) is 0 Å². The lowest BCUT2D eigenvalue weighted by Gasteiger charge is -2.34. The molecule has 0 fully saturated rings. The van der Waals surface area contributed by atoms with Gasteiger partial charge in [-0.3, -0.25) is 4.55 Å². The maximum absolute atomic E-state index is 11.4. The molecule has 0 heterocycles. The van der Waals surface area contributed by atoms with Crippen LogP contribution in [0.2, 0.25) is 0 Å². The highest BCUT2D eigenvalue weighted by atomic mass is 32.2. The van der Waals surface area contributed by atoms with Crippen LogP contribution in [0.15, 0.2) is 48.5 Å². The van der Waals surface area contributed by atoms with Gasteiger partial charge in [0.15, 0.2) is 0 Å². The minimum absolute atomic E-state index is 0.564. The van der Waals surface area contributed by atoms with Crippen LogP contribution in [0.4, 0.5) is 0 Å². The van der Waals surface area contributed by atoms with E-state index in [-0.39, 0.29) is 0 Å². The van der Waals surface area contributed by atoms with Gasteiger partial charge in [-0.15, -0.1) is 0 Å². The molecule has 0 saturated heterocycles. The fourth-order valence-corrected chi connectivity index (χ4v) is 3.74. The molecule has 2 aromatic carbocycles. The summed E-state index contributed by atoms with van der Waals surface area (Å²) in [7, 11) is -4.32. The zero-order valence-corrected chi connectivity index (χ0v) is 14.0. The second kappa shape index (κ2) is 6.41. The third-order valence-electron chi connectivity index (χ3n) is 3.84. The van der Waals surface area contributed by atoms with Crippen molar-refractivity contribution in [3.8, 4) is 0 Å². The Morgan fingerprint density at radius 2 is 1.74 bits per heavy atom. The van der Waals surface area contributed by atoms with Crippen molar-refractivity contribution in [3.05, 3.63) is 70.8 Å². The molecule has 0 aromatic heterocycles. The van der Waals surface area contributed by atoms with Crippen molar-refractivity contribution in [2.75, 3.05) is 5.75 Å². The van der Waals surface area contributed by atoms with Gasteiger partial charge in [0, 0.05) is 5.92 Å². The molecule has 5 nitrogen and oxygen atoms in total. The molecule has 1 atom stereocenters. The highest BCUT2D eigenvalue weighted by Crippen LogP contribution is 2.34. The minimum atomic E-state index is -4.32. The van der Waals surface area contributed by atoms with Crippen molar-refractivity contribution in [1.82, 2.24) is 0 Å². The Morgan fingerprint density at radius 1 is 1.09 bits per heavy atom. The lowest BCUT2D eigenvalue weighted by molar-refractivity contribution is 0.404. The van der Waals surface area contributed by atoms with E-state index in [0.29, 0.717) is 0 Å². The van der Waals surface area contributed by atoms with Crippen LogP contribution in [0.1, 0.15) is 28.2 Å². The highest BCUT2D eigenvalue weighted by molar-refractivity contribution is 7.85. The summed E-state index contributed by atoms with van der Waals surface area (Å²) >= 11 is 0. The molecule has 5 N–H and O–H groups in total. The van der Waals surface area contributed by atoms with Crippen LogP contribution < -0.4 is 11.5 Å². The van der Waals surface area contributed by atoms with Crippen molar-refractivity contribution < 1.29 is 13.0 Å². The number of hydrogen-bond acceptors (Lipinski definition) is 4. The van der Waals surface area contributed by atoms with E-state index < -0.39 is 27.5 Å². The molecular formula is C17H22N2O3S. The summed E-state index contributed by atoms with van der Waals surface area (Å²) in [6.45, 7) is 3.86. The molecule has 0 radical (unpaired) electrons. The van der Waals surface area contributed by atoms with Gasteiger partial charge in [0.1, 0.15) is 5.75 Å². The summed E-state index contributed by atoms with van der Waals surface area (Å²) in [5.74, 6) is -1.29. The fraction of sp³-hybridized carbons (Fsp3) is 0.294. The van der Waals surface area contributed by atoms with Crippen molar-refractivity contribution in [2.45, 2.75) is 25.4 Å². The lowest BCUT2D eigenvalue weighted by atomic mass is 9.80. The Hall–Kier alpha value is -1.73. The maximum atomic E-state index is 11.4. The summed E-state index contributed by atoms with van der Waals surface area (Å²) < 4.78 is 32.0. The average molecular weight is 334 g/mol. The Labute approximate surface area is 137 Å². The largest absolute Gasteiger partial charge is 0.312 e. The van der Waals surface area contributed by atoms with Gasteiger partial charge in [-0.25, -0.2) is 0 Å². The molecule has 2 aromatic rings. The standard InChI is InChI=1S/C17H22N2O3S/c1-12-6-5-8-14(10-12)16(15-9-4-3-7-13(15)2)17(18,19)11-23(20,21)22/h3-10,16H,11,18-19H2,1-2H3,(H,20,21,22). The van der Waals surface area contributed by atoms with Crippen LogP contribution in [0, 0.1) is 13.8 Å². The van der Waals surface area contributed by atoms with E-state index in [4.69, 9.17) is 11.5 Å². The third kappa shape index (κ3) is 4.39. The predicted octanol–water partition coefficient (Wildman–Crippen LogP) is 1.94. The topological polar surface area (TPSA) is 106 Å². The Bertz CT molecular complexity index is 801. The molecule has 6 heteroatoms. The first-order chi connectivity index (χ1) is 10.6. The molecule has 0 aliphatic carbocycles. The van der Waals surface area contributed by atoms with Crippen LogP contribution in [-0.2, 0) is 10.1 Å². The Morgan fingerprint density at radius 3 is 2.30 bits per heavy atom. The van der Waals surface area contributed by atoms with E-state index in [1.165, 1.54) is 0 Å². The number of benzene rings is 2. The van der Waals surface area contributed by atoms with Crippen LogP contribution in [0.5, 0.6) is 0 Å².